The van der Waals surface area contributed by atoms with Crippen LogP contribution in [0.1, 0.15) is 64.1 Å². The Bertz CT molecular complexity index is 3120. The van der Waals surface area contributed by atoms with Gasteiger partial charge in [0.2, 0.25) is 29.5 Å². The first-order chi connectivity index (χ1) is 36.9. The van der Waals surface area contributed by atoms with E-state index in [1.165, 1.54) is 29.2 Å². The van der Waals surface area contributed by atoms with Crippen molar-refractivity contribution in [3.05, 3.63) is 120 Å². The number of piperidine rings is 1. The minimum atomic E-state index is -1.20. The molecule has 19 heteroatoms. The summed E-state index contributed by atoms with van der Waals surface area (Å²) in [4.78, 5) is 83.6. The fraction of sp³-hybridized carbons (Fsp3) is 0.397. The number of ether oxygens (including phenoxy) is 2. The zero-order chi connectivity index (χ0) is 54.6. The molecule has 0 unspecified atom stereocenters. The van der Waals surface area contributed by atoms with Crippen LogP contribution < -0.4 is 35.6 Å². The SMILES string of the molecule is COc1cc2c(Oc3ccc(NC(=O)C4(C(=O)Nc5ccc(F)cc5)CC4)cc3)ccnc2cc1N1CCC(C(=O)N(C)CCN[C@H](C(=O)N2C[C@H](O)C[C@H]2C(=O)NCc2ccc(-c3scnc3C)cc2)C(C)(C)C)CC1. The molecule has 9 rings (SSSR count). The number of rotatable bonds is 18. The number of benzene rings is 4. The maximum absolute atomic E-state index is 14.3. The predicted molar refractivity (Wildman–Crippen MR) is 294 cm³/mol. The summed E-state index contributed by atoms with van der Waals surface area (Å²) in [6.45, 7) is 10.1. The van der Waals surface area contributed by atoms with E-state index < -0.39 is 46.6 Å². The van der Waals surface area contributed by atoms with Crippen molar-refractivity contribution in [2.75, 3.05) is 62.4 Å². The van der Waals surface area contributed by atoms with Crippen molar-refractivity contribution >= 4 is 68.8 Å². The summed E-state index contributed by atoms with van der Waals surface area (Å²) in [5.41, 5.74) is 5.47. The van der Waals surface area contributed by atoms with Crippen LogP contribution in [0.4, 0.5) is 21.5 Å². The molecular formula is C58H66FN9O8S. The van der Waals surface area contributed by atoms with E-state index in [0.29, 0.717) is 86.0 Å². The van der Waals surface area contributed by atoms with Gasteiger partial charge in [-0.3, -0.25) is 29.0 Å². The third kappa shape index (κ3) is 12.4. The summed E-state index contributed by atoms with van der Waals surface area (Å²) in [7, 11) is 3.39. The Labute approximate surface area is 451 Å². The van der Waals surface area contributed by atoms with Crippen molar-refractivity contribution in [1.29, 1.82) is 0 Å². The lowest BCUT2D eigenvalue weighted by Crippen LogP contribution is -2.57. The second-order valence-corrected chi connectivity index (χ2v) is 22.2. The summed E-state index contributed by atoms with van der Waals surface area (Å²) >= 11 is 1.58. The molecule has 2 aliphatic heterocycles. The van der Waals surface area contributed by atoms with E-state index in [4.69, 9.17) is 9.47 Å². The Morgan fingerprint density at radius 2 is 1.56 bits per heavy atom. The quantitative estimate of drug-likeness (QED) is 0.0521. The van der Waals surface area contributed by atoms with E-state index in [2.05, 4.69) is 36.1 Å². The number of hydrogen-bond donors (Lipinski definition) is 5. The predicted octanol–water partition coefficient (Wildman–Crippen LogP) is 7.92. The van der Waals surface area contributed by atoms with Crippen LogP contribution in [0.25, 0.3) is 21.3 Å². The van der Waals surface area contributed by atoms with Gasteiger partial charge >= 0.3 is 0 Å². The number of thiazole rings is 1. The van der Waals surface area contributed by atoms with Crippen LogP contribution in [0.2, 0.25) is 0 Å². The molecule has 5 N–H and O–H groups in total. The minimum Gasteiger partial charge on any atom is -0.495 e. The zero-order valence-electron chi connectivity index (χ0n) is 44.2. The van der Waals surface area contributed by atoms with Gasteiger partial charge in [0.1, 0.15) is 34.5 Å². The molecule has 3 aliphatic rings. The second kappa shape index (κ2) is 23.0. The number of fused-ring (bicyclic) bond motifs is 1. The lowest BCUT2D eigenvalue weighted by molar-refractivity contribution is -0.142. The van der Waals surface area contributed by atoms with Gasteiger partial charge in [-0.15, -0.1) is 11.3 Å². The van der Waals surface area contributed by atoms with Crippen molar-refractivity contribution < 1.29 is 42.9 Å². The molecule has 2 aromatic heterocycles. The fourth-order valence-electron chi connectivity index (χ4n) is 10.1. The number of aromatic nitrogens is 2. The number of methoxy groups -OCH3 is 1. The largest absolute Gasteiger partial charge is 0.495 e. The number of carbonyl (C=O) groups is 5. The summed E-state index contributed by atoms with van der Waals surface area (Å²) in [6, 6.07) is 24.3. The second-order valence-electron chi connectivity index (χ2n) is 21.3. The van der Waals surface area contributed by atoms with Crippen molar-refractivity contribution in [3.63, 3.8) is 0 Å². The molecular weight excluding hydrogens is 1000 g/mol. The number of β-amino-alcohol motifs (C(OH)–C–C–N with tert-alkyl or cyclic N) is 1. The topological polar surface area (TPSA) is 208 Å². The third-order valence-corrected chi connectivity index (χ3v) is 15.8. The van der Waals surface area contributed by atoms with Crippen LogP contribution in [0.15, 0.2) is 103 Å². The summed E-state index contributed by atoms with van der Waals surface area (Å²) in [5.74, 6) is -0.348. The number of aryl methyl sites for hydroxylation is 1. The first-order valence-corrected chi connectivity index (χ1v) is 26.9. The molecule has 5 amide bonds. The normalized spacial score (nSPS) is 17.6. The van der Waals surface area contributed by atoms with Crippen molar-refractivity contribution in [2.24, 2.45) is 16.7 Å². The van der Waals surface area contributed by atoms with Gasteiger partial charge in [-0.1, -0.05) is 45.0 Å². The van der Waals surface area contributed by atoms with Gasteiger partial charge in [0.15, 0.2) is 0 Å². The van der Waals surface area contributed by atoms with E-state index in [-0.39, 0.29) is 43.1 Å². The Hall–Kier alpha value is -7.48. The Kier molecular flexibility index (Phi) is 16.2. The Balaban J connectivity index is 0.753. The lowest BCUT2D eigenvalue weighted by atomic mass is 9.85. The van der Waals surface area contributed by atoms with Gasteiger partial charge in [0.05, 0.1) is 46.5 Å². The number of likely N-dealkylation sites (N-methyl/N-ethyl adjacent to an activating group) is 1. The number of nitrogens with zero attached hydrogens (tertiary/aromatic N) is 5. The molecule has 3 fully saturated rings. The number of halogens is 1. The number of aliphatic hydroxyl groups excluding tert-OH is 1. The van der Waals surface area contributed by atoms with Gasteiger partial charge in [0, 0.05) is 81.6 Å². The van der Waals surface area contributed by atoms with Gasteiger partial charge in [0.25, 0.3) is 0 Å². The van der Waals surface area contributed by atoms with Crippen LogP contribution in [0.3, 0.4) is 0 Å². The van der Waals surface area contributed by atoms with Crippen molar-refractivity contribution in [2.45, 2.75) is 84.5 Å². The molecule has 3 atom stereocenters. The Morgan fingerprint density at radius 3 is 2.17 bits per heavy atom. The number of likely N-dealkylation sites (tertiary alicyclic amines) is 1. The smallest absolute Gasteiger partial charge is 0.243 e. The first-order valence-electron chi connectivity index (χ1n) is 26.0. The molecule has 1 saturated carbocycles. The van der Waals surface area contributed by atoms with Crippen molar-refractivity contribution in [1.82, 2.24) is 30.4 Å². The van der Waals surface area contributed by atoms with Crippen LogP contribution >= 0.6 is 11.3 Å². The molecule has 0 spiro atoms. The van der Waals surface area contributed by atoms with Gasteiger partial charge < -0.3 is 50.5 Å². The maximum atomic E-state index is 14.3. The molecule has 77 heavy (non-hydrogen) atoms. The number of pyridine rings is 1. The van der Waals surface area contributed by atoms with Gasteiger partial charge in [-0.05, 0) is 116 Å². The van der Waals surface area contributed by atoms with Crippen molar-refractivity contribution in [3.8, 4) is 27.7 Å². The van der Waals surface area contributed by atoms with Crippen LogP contribution in [0, 0.1) is 29.5 Å². The van der Waals surface area contributed by atoms with E-state index in [1.807, 2.05) is 69.6 Å². The van der Waals surface area contributed by atoms with Crippen LogP contribution in [0.5, 0.6) is 17.2 Å². The zero-order valence-corrected chi connectivity index (χ0v) is 45.0. The minimum absolute atomic E-state index is 0.0277. The summed E-state index contributed by atoms with van der Waals surface area (Å²) < 4.78 is 25.6. The van der Waals surface area contributed by atoms with Crippen LogP contribution in [-0.4, -0.2) is 119 Å². The highest BCUT2D eigenvalue weighted by molar-refractivity contribution is 7.13. The average molecular weight is 1070 g/mol. The van der Waals surface area contributed by atoms with Gasteiger partial charge in [-0.2, -0.15) is 0 Å². The lowest BCUT2D eigenvalue weighted by Gasteiger charge is -2.37. The van der Waals surface area contributed by atoms with Crippen LogP contribution in [-0.2, 0) is 30.5 Å². The highest BCUT2D eigenvalue weighted by Gasteiger charge is 2.56. The summed E-state index contributed by atoms with van der Waals surface area (Å²) in [6.07, 6.45) is 3.04. The van der Waals surface area contributed by atoms with E-state index in [0.717, 1.165) is 32.8 Å². The third-order valence-electron chi connectivity index (χ3n) is 14.8. The fourth-order valence-corrected chi connectivity index (χ4v) is 11.0. The summed E-state index contributed by atoms with van der Waals surface area (Å²) in [5, 5.41) is 23.4. The highest BCUT2D eigenvalue weighted by atomic mass is 32.1. The molecule has 0 bridgehead atoms. The maximum Gasteiger partial charge on any atom is 0.243 e. The number of aliphatic hydroxyl groups is 1. The van der Waals surface area contributed by atoms with E-state index in [1.54, 1.807) is 66.9 Å². The molecule has 4 heterocycles. The van der Waals surface area contributed by atoms with E-state index in [9.17, 15) is 33.5 Å². The molecule has 4 aromatic carbocycles. The number of amides is 5. The number of hydrogen-bond acceptors (Lipinski definition) is 13. The molecule has 1 aliphatic carbocycles. The molecule has 404 valence electrons. The van der Waals surface area contributed by atoms with E-state index >= 15 is 0 Å². The highest BCUT2D eigenvalue weighted by Crippen LogP contribution is 2.48. The first kappa shape index (κ1) is 54.3. The molecule has 17 nitrogen and oxygen atoms in total. The Morgan fingerprint density at radius 1 is 0.896 bits per heavy atom. The number of nitrogens with one attached hydrogen (secondary N) is 4. The molecule has 2 saturated heterocycles. The molecule has 6 aromatic rings. The average Bonchev–Trinajstić information content (AvgIpc) is 4.07. The van der Waals surface area contributed by atoms with Gasteiger partial charge in [-0.25, -0.2) is 9.37 Å². The molecule has 0 radical (unpaired) electrons. The number of anilines is 3. The standard InChI is InChI=1S/C58H66FN9O8S/c1-35-50(77-34-63-35)37-9-7-36(8-10-37)32-62-52(70)47-29-42(69)33-68(47)54(72)51(57(2,3)4)61-25-28-66(5)53(71)38-20-26-67(27-21-38)46-31-45-44(30-49(46)75-6)48(19-24-60-45)76-43-17-15-41(16-18-43)65-56(74)58(22-23-58)55(73)64-40-13-11-39(59)12-14-40/h7-19,24,30-31,34,38,42,47,51,61,69H,20-23,25-29,32-33H2,1-6H3,(H,62,70)(H,64,73)(H,65,74)/t42-,47+,51-/m1/s1. The number of carbonyl (C=O) groups excluding carboxylic acids is 5. The monoisotopic (exact) mass is 1070 g/mol.